The second-order valence-corrected chi connectivity index (χ2v) is 25.4. The molecule has 0 spiro atoms. The van der Waals surface area contributed by atoms with Gasteiger partial charge in [0.15, 0.2) is 0 Å². The van der Waals surface area contributed by atoms with Gasteiger partial charge in [0.1, 0.15) is 19.6 Å². The van der Waals surface area contributed by atoms with E-state index in [1.165, 1.54) is 24.3 Å². The first-order chi connectivity index (χ1) is 37.2. The van der Waals surface area contributed by atoms with Gasteiger partial charge in [-0.2, -0.15) is 80.4 Å². The van der Waals surface area contributed by atoms with Gasteiger partial charge in [0.25, 0.3) is 60.7 Å². The normalized spacial score (nSPS) is 12.6. The minimum Gasteiger partial charge on any atom is -0.341 e. The Hall–Kier alpha value is -7.10. The zero-order chi connectivity index (χ0) is 59.2. The molecule has 2 aromatic heterocycles. The van der Waals surface area contributed by atoms with Crippen molar-refractivity contribution >= 4 is 131 Å². The van der Waals surface area contributed by atoms with E-state index in [0.717, 1.165) is 36.4 Å². The molecule has 0 fully saturated rings. The molecule has 10 N–H and O–H groups in total. The summed E-state index contributed by atoms with van der Waals surface area (Å²) in [7, 11) is -30.1. The summed E-state index contributed by atoms with van der Waals surface area (Å²) >= 11 is 0. The fraction of sp³-hybridized carbons (Fsp3) is 0.273. The van der Waals surface area contributed by atoms with Gasteiger partial charge in [-0.15, -0.1) is 0 Å². The van der Waals surface area contributed by atoms with Crippen LogP contribution in [0.2, 0.25) is 0 Å². The third kappa shape index (κ3) is 16.3. The molecule has 0 aliphatic rings. The molecule has 80 heavy (non-hydrogen) atoms. The molecule has 0 saturated heterocycles. The molecule has 0 aliphatic heterocycles. The Morgan fingerprint density at radius 1 is 0.375 bits per heavy atom. The van der Waals surface area contributed by atoms with Gasteiger partial charge < -0.3 is 31.1 Å². The number of anilines is 10. The van der Waals surface area contributed by atoms with E-state index in [2.05, 4.69) is 51.2 Å². The summed E-state index contributed by atoms with van der Waals surface area (Å²) in [5.41, 5.74) is -1.79. The van der Waals surface area contributed by atoms with E-state index in [-0.39, 0.29) is 46.3 Å². The number of nitrogens with zero attached hydrogens (tertiary/aromatic N) is 8. The Morgan fingerprint density at radius 3 is 0.950 bits per heavy atom. The molecule has 0 unspecified atom stereocenters. The van der Waals surface area contributed by atoms with Crippen LogP contribution < -0.4 is 31.1 Å². The van der Waals surface area contributed by atoms with Crippen LogP contribution in [0.5, 0.6) is 0 Å². The maximum atomic E-state index is 12.9. The van der Waals surface area contributed by atoms with Crippen molar-refractivity contribution in [2.75, 3.05) is 57.2 Å². The molecule has 0 bridgehead atoms. The molecule has 0 amide bonds. The molecule has 30 nitrogen and oxygen atoms in total. The Bertz CT molecular complexity index is 3790. The highest BCUT2D eigenvalue weighted by Crippen LogP contribution is 2.33. The molecule has 0 radical (unpaired) electrons. The van der Waals surface area contributed by atoms with E-state index in [1.54, 1.807) is 9.80 Å². The van der Waals surface area contributed by atoms with Crippen molar-refractivity contribution < 1.29 is 77.8 Å². The number of benzene rings is 4. The molecular weight excluding hydrogens is 1180 g/mol. The second-order valence-electron chi connectivity index (χ2n) is 17.0. The molecule has 0 saturated carbocycles. The lowest BCUT2D eigenvalue weighted by atomic mass is 10.1. The quantitative estimate of drug-likeness (QED) is 0.0222. The number of hydrogen-bond acceptors (Lipinski definition) is 24. The Labute approximate surface area is 460 Å². The monoisotopic (exact) mass is 1230 g/mol. The highest BCUT2D eigenvalue weighted by molar-refractivity contribution is 7.87. The standard InChI is InChI=1S/C44H52N12O18S6/c1-5-19-55(20-6-2)43-51-39(49-41(53-43)47-33-25-31(75(57,58)59)15-17-35(33)77(63,64)65)45-29-13-11-27(37(23-29)79(69,70)71)9-10-28-12-14-30(24-38(28)80(72,73)74)46-40-50-42(54-44(52-40)56(21-7-3)22-8-4)48-34-26-32(76(60,61)62)16-18-36(34)78(66,67)68/h9-18,23-26H,5-8,19-22H2,1-4H3,(H,57,58,59)(H,60,61,62)(H,63,64,65)(H,66,67,68)(H,69,70,71)(H,72,73,74)(H2,45,47,49,51,53)(H2,46,48,50,52,54)/b10-9+. The van der Waals surface area contributed by atoms with Crippen LogP contribution >= 0.6 is 0 Å². The topological polar surface area (TPSA) is 458 Å². The third-order valence-corrected chi connectivity index (χ3v) is 16.2. The molecule has 4 aromatic carbocycles. The van der Waals surface area contributed by atoms with E-state index < -0.39 is 113 Å². The first-order valence-electron chi connectivity index (χ1n) is 23.4. The number of hydrogen-bond donors (Lipinski definition) is 10. The van der Waals surface area contributed by atoms with Crippen molar-refractivity contribution in [2.24, 2.45) is 0 Å². The van der Waals surface area contributed by atoms with Gasteiger partial charge in [-0.25, -0.2) is 0 Å². The van der Waals surface area contributed by atoms with Gasteiger partial charge in [0.05, 0.1) is 21.2 Å². The Balaban J connectivity index is 1.38. The van der Waals surface area contributed by atoms with Crippen molar-refractivity contribution in [2.45, 2.75) is 82.8 Å². The Morgan fingerprint density at radius 2 is 0.675 bits per heavy atom. The Kier molecular flexibility index (Phi) is 19.2. The smallest absolute Gasteiger partial charge is 0.296 e. The summed E-state index contributed by atoms with van der Waals surface area (Å²) in [6.07, 6.45) is 4.55. The van der Waals surface area contributed by atoms with E-state index >= 15 is 0 Å². The van der Waals surface area contributed by atoms with Crippen LogP contribution in [0.25, 0.3) is 12.2 Å². The highest BCUT2D eigenvalue weighted by Gasteiger charge is 2.25. The molecular formula is C44H52N12O18S6. The largest absolute Gasteiger partial charge is 0.341 e. The summed E-state index contributed by atoms with van der Waals surface area (Å²) in [5, 5.41) is 10.6. The van der Waals surface area contributed by atoms with Crippen molar-refractivity contribution in [3.05, 3.63) is 83.9 Å². The fourth-order valence-corrected chi connectivity index (χ4v) is 11.2. The van der Waals surface area contributed by atoms with Crippen molar-refractivity contribution in [1.82, 2.24) is 29.9 Å². The molecule has 6 aromatic rings. The predicted molar refractivity (Wildman–Crippen MR) is 292 cm³/mol. The van der Waals surface area contributed by atoms with Gasteiger partial charge in [-0.3, -0.25) is 27.3 Å². The molecule has 36 heteroatoms. The van der Waals surface area contributed by atoms with Crippen molar-refractivity contribution in [3.63, 3.8) is 0 Å². The number of aromatic nitrogens is 6. The van der Waals surface area contributed by atoms with E-state index in [0.29, 0.717) is 76.1 Å². The molecule has 6 rings (SSSR count). The number of rotatable bonds is 26. The average molecular weight is 1230 g/mol. The van der Waals surface area contributed by atoms with Crippen LogP contribution in [0.1, 0.15) is 64.5 Å². The molecule has 0 atom stereocenters. The average Bonchev–Trinajstić information content (AvgIpc) is 3.34. The third-order valence-electron chi connectivity index (χ3n) is 10.9. The van der Waals surface area contributed by atoms with E-state index in [9.17, 15) is 77.8 Å². The SMILES string of the molecule is CCCN(CCC)c1nc(Nc2ccc(/C=C/c3ccc(Nc4nc(Nc5cc(S(=O)(=O)O)ccc5S(=O)(=O)O)nc(N(CCC)CCC)n4)cc3S(=O)(=O)O)c(S(=O)(=O)O)c2)nc(Nc2cc(S(=O)(=O)O)ccc2S(=O)(=O)O)n1. The van der Waals surface area contributed by atoms with Gasteiger partial charge >= 0.3 is 0 Å². The van der Waals surface area contributed by atoms with Gasteiger partial charge in [0.2, 0.25) is 35.7 Å². The second kappa shape index (κ2) is 24.7. The van der Waals surface area contributed by atoms with E-state index in [4.69, 9.17) is 0 Å². The van der Waals surface area contributed by atoms with E-state index in [1.807, 2.05) is 27.7 Å². The lowest BCUT2D eigenvalue weighted by molar-refractivity contribution is 0.479. The predicted octanol–water partition coefficient (Wildman–Crippen LogP) is 5.93. The zero-order valence-corrected chi connectivity index (χ0v) is 47.2. The molecule has 2 heterocycles. The van der Waals surface area contributed by atoms with Gasteiger partial charge in [-0.05, 0) is 97.5 Å². The number of nitrogens with one attached hydrogen (secondary N) is 4. The summed E-state index contributed by atoms with van der Waals surface area (Å²) in [6, 6.07) is 11.2. The maximum Gasteiger partial charge on any atom is 0.296 e. The van der Waals surface area contributed by atoms with Crippen LogP contribution in [-0.2, 0) is 60.7 Å². The summed E-state index contributed by atoms with van der Waals surface area (Å²) < 4.78 is 209. The van der Waals surface area contributed by atoms with Crippen molar-refractivity contribution in [1.29, 1.82) is 0 Å². The van der Waals surface area contributed by atoms with Crippen molar-refractivity contribution in [3.8, 4) is 0 Å². The minimum absolute atomic E-state index is 0.0112. The maximum absolute atomic E-state index is 12.9. The van der Waals surface area contributed by atoms with Gasteiger partial charge in [0, 0.05) is 37.6 Å². The van der Waals surface area contributed by atoms with Gasteiger partial charge in [-0.1, -0.05) is 52.0 Å². The molecule has 432 valence electrons. The zero-order valence-electron chi connectivity index (χ0n) is 42.3. The fourth-order valence-electron chi connectivity index (χ4n) is 7.55. The highest BCUT2D eigenvalue weighted by atomic mass is 32.2. The lowest BCUT2D eigenvalue weighted by Gasteiger charge is -2.22. The summed E-state index contributed by atoms with van der Waals surface area (Å²) in [6.45, 7) is 9.01. The summed E-state index contributed by atoms with van der Waals surface area (Å²) in [4.78, 5) is 24.8. The first-order valence-corrected chi connectivity index (χ1v) is 32.0. The summed E-state index contributed by atoms with van der Waals surface area (Å²) in [5.74, 6) is -1.51. The van der Waals surface area contributed by atoms with Crippen LogP contribution in [-0.4, -0.2) is 134 Å². The van der Waals surface area contributed by atoms with Crippen LogP contribution in [0.4, 0.5) is 58.4 Å². The van der Waals surface area contributed by atoms with Crippen LogP contribution in [0, 0.1) is 0 Å². The minimum atomic E-state index is -5.11. The van der Waals surface area contributed by atoms with Crippen LogP contribution in [0.3, 0.4) is 0 Å². The molecule has 0 aliphatic carbocycles. The van der Waals surface area contributed by atoms with Crippen LogP contribution in [0.15, 0.2) is 102 Å². The lowest BCUT2D eigenvalue weighted by Crippen LogP contribution is -2.27. The first kappa shape index (κ1) is 62.1.